The molecule has 0 aliphatic heterocycles. The van der Waals surface area contributed by atoms with E-state index in [1.165, 1.54) is 50.1 Å². The van der Waals surface area contributed by atoms with Crippen LogP contribution >= 0.6 is 0 Å². The van der Waals surface area contributed by atoms with Crippen LogP contribution in [0.5, 0.6) is 0 Å². The van der Waals surface area contributed by atoms with Gasteiger partial charge in [0.25, 0.3) is 0 Å². The zero-order valence-corrected chi connectivity index (χ0v) is 32.2. The summed E-state index contributed by atoms with van der Waals surface area (Å²) in [7, 11) is 0. The van der Waals surface area contributed by atoms with Crippen LogP contribution in [0.3, 0.4) is 0 Å². The molecule has 0 radical (unpaired) electrons. The third-order valence-corrected chi connectivity index (χ3v) is 12.2. The summed E-state index contributed by atoms with van der Waals surface area (Å²) in [6.07, 6.45) is 14.7. The number of benzene rings is 6. The van der Waals surface area contributed by atoms with E-state index in [4.69, 9.17) is 19.4 Å². The van der Waals surface area contributed by atoms with Crippen molar-refractivity contribution in [1.82, 2.24) is 15.0 Å². The second-order valence-corrected chi connectivity index (χ2v) is 15.3. The molecular weight excluding hydrogens is 707 g/mol. The molecular formula is C54H39N3O. The van der Waals surface area contributed by atoms with Crippen molar-refractivity contribution in [2.45, 2.75) is 31.1 Å². The van der Waals surface area contributed by atoms with Crippen LogP contribution in [0.4, 0.5) is 0 Å². The van der Waals surface area contributed by atoms with E-state index in [1.807, 2.05) is 43.3 Å². The van der Waals surface area contributed by atoms with Gasteiger partial charge in [-0.3, -0.25) is 0 Å². The fourth-order valence-electron chi connectivity index (χ4n) is 9.69. The molecule has 1 unspecified atom stereocenters. The van der Waals surface area contributed by atoms with Crippen LogP contribution in [0.15, 0.2) is 193 Å². The van der Waals surface area contributed by atoms with Gasteiger partial charge in [-0.05, 0) is 76.4 Å². The van der Waals surface area contributed by atoms with Crippen molar-refractivity contribution < 1.29 is 4.42 Å². The van der Waals surface area contributed by atoms with Crippen molar-refractivity contribution in [3.05, 3.63) is 222 Å². The van der Waals surface area contributed by atoms with Crippen LogP contribution in [0.2, 0.25) is 0 Å². The Kier molecular flexibility index (Phi) is 7.94. The Bertz CT molecular complexity index is 3060. The van der Waals surface area contributed by atoms with Gasteiger partial charge in [0, 0.05) is 39.0 Å². The third-order valence-electron chi connectivity index (χ3n) is 12.2. The Morgan fingerprint density at radius 3 is 2.21 bits per heavy atom. The summed E-state index contributed by atoms with van der Waals surface area (Å²) in [6, 6.07) is 50.0. The molecule has 2 heterocycles. The fourth-order valence-corrected chi connectivity index (χ4v) is 9.69. The van der Waals surface area contributed by atoms with Gasteiger partial charge in [0.15, 0.2) is 17.5 Å². The number of fused-ring (bicyclic) bond motifs is 14. The first-order chi connectivity index (χ1) is 28.7. The summed E-state index contributed by atoms with van der Waals surface area (Å²) in [4.78, 5) is 15.1. The molecule has 4 heteroatoms. The third kappa shape index (κ3) is 5.04. The SMILES string of the molecule is C=CC/C=C\C(=C/C)c1nc(-c2ccccc2)nc(-c2cccc(C3C=C4C(=CC3)c3c(ccc5c3oc3ccccc35)C43c4ccccc4-c4ccccc43)c2)n1. The Hall–Kier alpha value is -7.17. The molecule has 0 N–H and O–H groups in total. The molecule has 3 aliphatic carbocycles. The first-order valence-electron chi connectivity index (χ1n) is 20.1. The number of allylic oxidation sites excluding steroid dienone is 9. The van der Waals surface area contributed by atoms with Crippen LogP contribution in [0.1, 0.15) is 59.3 Å². The molecule has 1 atom stereocenters. The maximum atomic E-state index is 6.80. The fraction of sp³-hybridized carbons (Fsp3) is 0.0926. The van der Waals surface area contributed by atoms with E-state index in [-0.39, 0.29) is 5.92 Å². The zero-order valence-electron chi connectivity index (χ0n) is 32.2. The summed E-state index contributed by atoms with van der Waals surface area (Å²) in [5, 5.41) is 2.31. The summed E-state index contributed by atoms with van der Waals surface area (Å²) >= 11 is 0. The average molecular weight is 746 g/mol. The molecule has 6 aromatic carbocycles. The summed E-state index contributed by atoms with van der Waals surface area (Å²) < 4.78 is 6.80. The minimum Gasteiger partial charge on any atom is -0.455 e. The molecule has 3 aliphatic rings. The molecule has 0 fully saturated rings. The van der Waals surface area contributed by atoms with E-state index in [9.17, 15) is 0 Å². The molecule has 0 bridgehead atoms. The largest absolute Gasteiger partial charge is 0.455 e. The minimum atomic E-state index is -0.479. The van der Waals surface area contributed by atoms with E-state index >= 15 is 0 Å². The lowest BCUT2D eigenvalue weighted by Gasteiger charge is -2.33. The van der Waals surface area contributed by atoms with Crippen molar-refractivity contribution in [3.63, 3.8) is 0 Å². The molecule has 0 saturated heterocycles. The number of hydrogen-bond acceptors (Lipinski definition) is 4. The molecule has 11 rings (SSSR count). The number of aromatic nitrogens is 3. The number of para-hydroxylation sites is 1. The van der Waals surface area contributed by atoms with Crippen molar-refractivity contribution >= 4 is 33.1 Å². The molecule has 4 nitrogen and oxygen atoms in total. The minimum absolute atomic E-state index is 0.124. The van der Waals surface area contributed by atoms with E-state index in [0.29, 0.717) is 17.5 Å². The molecule has 0 amide bonds. The zero-order chi connectivity index (χ0) is 38.8. The molecule has 8 aromatic rings. The highest BCUT2D eigenvalue weighted by Crippen LogP contribution is 2.66. The highest BCUT2D eigenvalue weighted by Gasteiger charge is 2.54. The van der Waals surface area contributed by atoms with Crippen molar-refractivity contribution in [1.29, 1.82) is 0 Å². The van der Waals surface area contributed by atoms with Gasteiger partial charge >= 0.3 is 0 Å². The summed E-state index contributed by atoms with van der Waals surface area (Å²) in [5.41, 5.74) is 15.8. The van der Waals surface area contributed by atoms with Crippen molar-refractivity contribution in [2.75, 3.05) is 0 Å². The van der Waals surface area contributed by atoms with E-state index in [1.54, 1.807) is 0 Å². The number of nitrogens with zero attached hydrogens (tertiary/aromatic N) is 3. The predicted octanol–water partition coefficient (Wildman–Crippen LogP) is 13.5. The van der Waals surface area contributed by atoms with Crippen molar-refractivity contribution in [2.24, 2.45) is 0 Å². The summed E-state index contributed by atoms with van der Waals surface area (Å²) in [6.45, 7) is 5.90. The highest BCUT2D eigenvalue weighted by atomic mass is 16.3. The normalized spacial score (nSPS) is 16.3. The van der Waals surface area contributed by atoms with Crippen molar-refractivity contribution in [3.8, 4) is 33.9 Å². The first kappa shape index (κ1) is 34.1. The molecule has 0 saturated carbocycles. The summed E-state index contributed by atoms with van der Waals surface area (Å²) in [5.74, 6) is 2.07. The number of rotatable bonds is 7. The van der Waals surface area contributed by atoms with Crippen LogP contribution in [-0.2, 0) is 5.41 Å². The van der Waals surface area contributed by atoms with Gasteiger partial charge in [0.2, 0.25) is 0 Å². The number of hydrogen-bond donors (Lipinski definition) is 0. The Labute approximate surface area is 338 Å². The maximum Gasteiger partial charge on any atom is 0.164 e. The van der Waals surface area contributed by atoms with Gasteiger partial charge in [-0.25, -0.2) is 15.0 Å². The van der Waals surface area contributed by atoms with E-state index in [0.717, 1.165) is 51.5 Å². The van der Waals surface area contributed by atoms with Crippen LogP contribution in [0, 0.1) is 0 Å². The second kappa shape index (κ2) is 13.5. The van der Waals surface area contributed by atoms with Gasteiger partial charge in [0.05, 0.1) is 5.41 Å². The highest BCUT2D eigenvalue weighted by molar-refractivity contribution is 6.13. The second-order valence-electron chi connectivity index (χ2n) is 15.3. The van der Waals surface area contributed by atoms with Gasteiger partial charge in [-0.1, -0.05) is 164 Å². The van der Waals surface area contributed by atoms with Crippen LogP contribution in [0.25, 0.3) is 67.0 Å². The van der Waals surface area contributed by atoms with E-state index < -0.39 is 5.41 Å². The monoisotopic (exact) mass is 745 g/mol. The van der Waals surface area contributed by atoms with Gasteiger partial charge in [-0.15, -0.1) is 6.58 Å². The Morgan fingerprint density at radius 2 is 1.43 bits per heavy atom. The maximum absolute atomic E-state index is 6.80. The molecule has 2 aromatic heterocycles. The quantitative estimate of drug-likeness (QED) is 0.120. The lowest BCUT2D eigenvalue weighted by Crippen LogP contribution is -2.27. The topological polar surface area (TPSA) is 51.8 Å². The van der Waals surface area contributed by atoms with Gasteiger partial charge in [0.1, 0.15) is 11.2 Å². The average Bonchev–Trinajstić information content (AvgIpc) is 3.92. The standard InChI is InChI=1S/C54H39N3O/c1-3-5-7-17-34(4-2)51-55-52(35-18-8-6-9-19-35)57-53(56-51)38-21-16-20-36(32-38)37-28-29-43-47(33-37)54(44-25-13-10-22-39(44)40-23-11-14-26-45(40)54)46-31-30-42-41-24-12-15-27-48(41)58-50(42)49(43)46/h3-4,6-27,29-33,37H,1,5,28H2,2H3/b17-7-,34-4+. The lowest BCUT2D eigenvalue weighted by molar-refractivity contribution is 0.666. The Morgan fingerprint density at radius 1 is 0.724 bits per heavy atom. The molecule has 276 valence electrons. The van der Waals surface area contributed by atoms with Gasteiger partial charge in [-0.2, -0.15) is 0 Å². The molecule has 58 heavy (non-hydrogen) atoms. The first-order valence-corrected chi connectivity index (χ1v) is 20.1. The smallest absolute Gasteiger partial charge is 0.164 e. The van der Waals surface area contributed by atoms with E-state index in [2.05, 4.69) is 146 Å². The Balaban J connectivity index is 1.09. The lowest BCUT2D eigenvalue weighted by atomic mass is 9.68. The van der Waals surface area contributed by atoms with Gasteiger partial charge < -0.3 is 4.42 Å². The number of furan rings is 1. The van der Waals surface area contributed by atoms with Crippen LogP contribution < -0.4 is 0 Å². The predicted molar refractivity (Wildman–Crippen MR) is 237 cm³/mol. The molecule has 1 spiro atoms. The van der Waals surface area contributed by atoms with Crippen LogP contribution in [-0.4, -0.2) is 15.0 Å².